The molecule has 1 aromatic carbocycles. The van der Waals surface area contributed by atoms with E-state index < -0.39 is 5.60 Å². The summed E-state index contributed by atoms with van der Waals surface area (Å²) in [4.78, 5) is 1.28. The van der Waals surface area contributed by atoms with E-state index in [1.165, 1.54) is 28.9 Å². The lowest BCUT2D eigenvalue weighted by Gasteiger charge is -2.21. The van der Waals surface area contributed by atoms with E-state index in [-0.39, 0.29) is 0 Å². The van der Waals surface area contributed by atoms with E-state index in [1.54, 1.807) is 11.8 Å². The average molecular weight is 236 g/mol. The van der Waals surface area contributed by atoms with Crippen LogP contribution in [0.1, 0.15) is 36.8 Å². The van der Waals surface area contributed by atoms with E-state index in [0.717, 1.165) is 18.6 Å². The van der Waals surface area contributed by atoms with Crippen molar-refractivity contribution < 1.29 is 5.11 Å². The number of aliphatic hydroxyl groups is 1. The Labute approximate surface area is 102 Å². The van der Waals surface area contributed by atoms with Crippen molar-refractivity contribution in [1.82, 2.24) is 0 Å². The molecule has 1 N–H and O–H groups in total. The molecule has 0 unspecified atom stereocenters. The number of aryl methyl sites for hydroxylation is 2. The van der Waals surface area contributed by atoms with Gasteiger partial charge in [0, 0.05) is 10.6 Å². The largest absolute Gasteiger partial charge is 0.389 e. The molecule has 0 atom stereocenters. The molecule has 0 amide bonds. The molecule has 0 spiro atoms. The Morgan fingerprint density at radius 2 is 1.88 bits per heavy atom. The summed E-state index contributed by atoms with van der Waals surface area (Å²) in [5, 5.41) is 10.3. The highest BCUT2D eigenvalue weighted by Gasteiger charge is 2.30. The van der Waals surface area contributed by atoms with Gasteiger partial charge in [-0.1, -0.05) is 18.9 Å². The van der Waals surface area contributed by atoms with Crippen molar-refractivity contribution in [1.29, 1.82) is 0 Å². The fourth-order valence-electron chi connectivity index (χ4n) is 2.20. The van der Waals surface area contributed by atoms with Gasteiger partial charge in [0.15, 0.2) is 0 Å². The predicted molar refractivity (Wildman–Crippen MR) is 70.1 cm³/mol. The van der Waals surface area contributed by atoms with Crippen molar-refractivity contribution >= 4 is 11.8 Å². The lowest BCUT2D eigenvalue weighted by atomic mass is 10.1. The van der Waals surface area contributed by atoms with Crippen LogP contribution >= 0.6 is 11.8 Å². The van der Waals surface area contributed by atoms with Gasteiger partial charge in [0.25, 0.3) is 0 Å². The van der Waals surface area contributed by atoms with Gasteiger partial charge in [-0.2, -0.15) is 0 Å². The molecular formula is C14H20OS. The fourth-order valence-corrected chi connectivity index (χ4v) is 3.35. The molecule has 0 saturated heterocycles. The van der Waals surface area contributed by atoms with E-state index in [4.69, 9.17) is 0 Å². The third-order valence-electron chi connectivity index (χ3n) is 3.52. The molecule has 1 saturated carbocycles. The molecule has 0 radical (unpaired) electrons. The smallest absolute Gasteiger partial charge is 0.0741 e. The van der Waals surface area contributed by atoms with Gasteiger partial charge < -0.3 is 5.11 Å². The van der Waals surface area contributed by atoms with Gasteiger partial charge in [-0.3, -0.25) is 0 Å². The van der Waals surface area contributed by atoms with E-state index >= 15 is 0 Å². The van der Waals surface area contributed by atoms with Crippen LogP contribution in [-0.4, -0.2) is 16.5 Å². The first-order valence-electron chi connectivity index (χ1n) is 6.02. The fraction of sp³-hybridized carbons (Fsp3) is 0.571. The highest BCUT2D eigenvalue weighted by molar-refractivity contribution is 7.99. The molecule has 1 fully saturated rings. The number of hydrogen-bond donors (Lipinski definition) is 1. The molecule has 0 bridgehead atoms. The van der Waals surface area contributed by atoms with Crippen molar-refractivity contribution in [3.63, 3.8) is 0 Å². The van der Waals surface area contributed by atoms with Crippen molar-refractivity contribution in [2.24, 2.45) is 0 Å². The minimum atomic E-state index is -0.399. The second kappa shape index (κ2) is 4.80. The molecule has 0 heterocycles. The molecule has 2 heteroatoms. The summed E-state index contributed by atoms with van der Waals surface area (Å²) in [5.41, 5.74) is 2.27. The summed E-state index contributed by atoms with van der Waals surface area (Å²) in [6, 6.07) is 6.54. The Morgan fingerprint density at radius 3 is 2.50 bits per heavy atom. The molecule has 1 aliphatic rings. The summed E-state index contributed by atoms with van der Waals surface area (Å²) in [6.07, 6.45) is 4.32. The normalized spacial score (nSPS) is 18.9. The van der Waals surface area contributed by atoms with Gasteiger partial charge in [-0.15, -0.1) is 11.8 Å². The maximum absolute atomic E-state index is 10.3. The van der Waals surface area contributed by atoms with Gasteiger partial charge in [0.2, 0.25) is 0 Å². The topological polar surface area (TPSA) is 20.2 Å². The SMILES string of the molecule is Cc1ccc(SCC2(O)CCCC2)cc1C. The molecule has 16 heavy (non-hydrogen) atoms. The summed E-state index contributed by atoms with van der Waals surface area (Å²) in [5.74, 6) is 0.843. The van der Waals surface area contributed by atoms with Crippen LogP contribution in [0.15, 0.2) is 23.1 Å². The number of rotatable bonds is 3. The van der Waals surface area contributed by atoms with Gasteiger partial charge in [0.05, 0.1) is 5.60 Å². The first kappa shape index (κ1) is 12.0. The van der Waals surface area contributed by atoms with E-state index in [9.17, 15) is 5.11 Å². The minimum Gasteiger partial charge on any atom is -0.389 e. The first-order valence-corrected chi connectivity index (χ1v) is 7.00. The van der Waals surface area contributed by atoms with Crippen LogP contribution in [0.25, 0.3) is 0 Å². The Morgan fingerprint density at radius 1 is 1.19 bits per heavy atom. The van der Waals surface area contributed by atoms with Crippen molar-refractivity contribution in [3.05, 3.63) is 29.3 Å². The second-order valence-corrected chi connectivity index (χ2v) is 6.01. The molecular weight excluding hydrogens is 216 g/mol. The zero-order valence-corrected chi connectivity index (χ0v) is 10.9. The van der Waals surface area contributed by atoms with Crippen LogP contribution in [0, 0.1) is 13.8 Å². The van der Waals surface area contributed by atoms with Crippen LogP contribution in [-0.2, 0) is 0 Å². The van der Waals surface area contributed by atoms with Crippen molar-refractivity contribution in [2.45, 2.75) is 50.0 Å². The Kier molecular flexibility index (Phi) is 3.60. The van der Waals surface area contributed by atoms with E-state index in [2.05, 4.69) is 32.0 Å². The molecule has 1 nitrogen and oxygen atoms in total. The number of thioether (sulfide) groups is 1. The van der Waals surface area contributed by atoms with Crippen LogP contribution in [0.5, 0.6) is 0 Å². The van der Waals surface area contributed by atoms with Crippen LogP contribution in [0.2, 0.25) is 0 Å². The Hall–Kier alpha value is -0.470. The molecule has 2 rings (SSSR count). The molecule has 0 aliphatic heterocycles. The number of hydrogen-bond acceptors (Lipinski definition) is 2. The highest BCUT2D eigenvalue weighted by atomic mass is 32.2. The highest BCUT2D eigenvalue weighted by Crippen LogP contribution is 2.34. The summed E-state index contributed by atoms with van der Waals surface area (Å²) in [6.45, 7) is 4.28. The lowest BCUT2D eigenvalue weighted by Crippen LogP contribution is -2.26. The molecule has 1 aliphatic carbocycles. The summed E-state index contributed by atoms with van der Waals surface area (Å²) >= 11 is 1.79. The van der Waals surface area contributed by atoms with E-state index in [1.807, 2.05) is 0 Å². The average Bonchev–Trinajstić information content (AvgIpc) is 2.68. The van der Waals surface area contributed by atoms with Crippen LogP contribution in [0.3, 0.4) is 0 Å². The molecule has 1 aromatic rings. The summed E-state index contributed by atoms with van der Waals surface area (Å²) < 4.78 is 0. The number of benzene rings is 1. The maximum Gasteiger partial charge on any atom is 0.0741 e. The minimum absolute atomic E-state index is 0.399. The first-order chi connectivity index (χ1) is 7.59. The van der Waals surface area contributed by atoms with Gasteiger partial charge in [-0.25, -0.2) is 0 Å². The Balaban J connectivity index is 1.96. The Bertz CT molecular complexity index is 367. The standard InChI is InChI=1S/C14H20OS/c1-11-5-6-13(9-12(11)2)16-10-14(15)7-3-4-8-14/h5-6,9,15H,3-4,7-8,10H2,1-2H3. The third-order valence-corrected chi connectivity index (χ3v) is 4.79. The monoisotopic (exact) mass is 236 g/mol. The van der Waals surface area contributed by atoms with E-state index in [0.29, 0.717) is 0 Å². The third kappa shape index (κ3) is 2.80. The molecule has 0 aromatic heterocycles. The zero-order valence-electron chi connectivity index (χ0n) is 10.1. The van der Waals surface area contributed by atoms with Crippen molar-refractivity contribution in [3.8, 4) is 0 Å². The lowest BCUT2D eigenvalue weighted by molar-refractivity contribution is 0.0732. The second-order valence-electron chi connectivity index (χ2n) is 4.97. The quantitative estimate of drug-likeness (QED) is 0.808. The molecule has 88 valence electrons. The van der Waals surface area contributed by atoms with Crippen molar-refractivity contribution in [2.75, 3.05) is 5.75 Å². The predicted octanol–water partition coefficient (Wildman–Crippen LogP) is 3.70. The van der Waals surface area contributed by atoms with Crippen LogP contribution < -0.4 is 0 Å². The summed E-state index contributed by atoms with van der Waals surface area (Å²) in [7, 11) is 0. The van der Waals surface area contributed by atoms with Crippen LogP contribution in [0.4, 0.5) is 0 Å². The maximum atomic E-state index is 10.3. The zero-order chi connectivity index (χ0) is 11.6. The van der Waals surface area contributed by atoms with Gasteiger partial charge in [-0.05, 0) is 49.9 Å². The van der Waals surface area contributed by atoms with Gasteiger partial charge >= 0.3 is 0 Å². The van der Waals surface area contributed by atoms with Gasteiger partial charge in [0.1, 0.15) is 0 Å².